The van der Waals surface area contributed by atoms with E-state index in [1.165, 1.54) is 0 Å². The topological polar surface area (TPSA) is 29.5 Å². The van der Waals surface area contributed by atoms with Crippen LogP contribution < -0.4 is 0 Å². The predicted octanol–water partition coefficient (Wildman–Crippen LogP) is 2.88. The third-order valence-corrected chi connectivity index (χ3v) is 2.59. The Bertz CT molecular complexity index is 203. The highest BCUT2D eigenvalue weighted by Crippen LogP contribution is 2.26. The van der Waals surface area contributed by atoms with Crippen LogP contribution in [0.5, 0.6) is 0 Å². The van der Waals surface area contributed by atoms with Crippen LogP contribution in [0, 0.1) is 11.3 Å². The molecule has 0 aliphatic carbocycles. The van der Waals surface area contributed by atoms with Crippen molar-refractivity contribution in [3.05, 3.63) is 0 Å². The molecule has 0 rings (SSSR count). The van der Waals surface area contributed by atoms with Gasteiger partial charge in [-0.1, -0.05) is 13.8 Å². The van der Waals surface area contributed by atoms with Crippen molar-refractivity contribution in [3.8, 4) is 0 Å². The normalized spacial score (nSPS) is 12.3. The lowest BCUT2D eigenvalue weighted by molar-refractivity contribution is -0.154. The molecule has 90 valence electrons. The van der Waals surface area contributed by atoms with E-state index in [1.54, 1.807) is 0 Å². The fourth-order valence-electron chi connectivity index (χ4n) is 1.56. The second-order valence-electron chi connectivity index (χ2n) is 4.95. The van der Waals surface area contributed by atoms with Gasteiger partial charge in [0.25, 0.3) is 0 Å². The lowest BCUT2D eigenvalue weighted by atomic mass is 9.84. The number of ether oxygens (including phenoxy) is 1. The molecule has 0 spiro atoms. The minimum Gasteiger partial charge on any atom is -0.464 e. The molecule has 0 heterocycles. The van der Waals surface area contributed by atoms with Gasteiger partial charge in [-0.2, -0.15) is 0 Å². The van der Waals surface area contributed by atoms with E-state index in [0.717, 1.165) is 13.0 Å². The van der Waals surface area contributed by atoms with Gasteiger partial charge in [0.05, 0.1) is 5.41 Å². The summed E-state index contributed by atoms with van der Waals surface area (Å²) < 4.78 is 7.21. The maximum atomic E-state index is 11.7. The summed E-state index contributed by atoms with van der Waals surface area (Å²) >= 11 is 2.17. The Kier molecular flexibility index (Phi) is 6.75. The van der Waals surface area contributed by atoms with Crippen molar-refractivity contribution in [2.24, 2.45) is 11.3 Å². The van der Waals surface area contributed by atoms with Crippen LogP contribution in [0.3, 0.4) is 0 Å². The van der Waals surface area contributed by atoms with Gasteiger partial charge < -0.3 is 4.74 Å². The molecule has 0 aliphatic rings. The van der Waals surface area contributed by atoms with Crippen LogP contribution in [-0.4, -0.2) is 29.3 Å². The van der Waals surface area contributed by atoms with E-state index in [2.05, 4.69) is 36.7 Å². The molecular formula is C11H22INO2. The Morgan fingerprint density at radius 2 is 2.00 bits per heavy atom. The van der Waals surface area contributed by atoms with E-state index in [0.29, 0.717) is 12.5 Å². The van der Waals surface area contributed by atoms with Crippen LogP contribution in [0.25, 0.3) is 0 Å². The van der Waals surface area contributed by atoms with Gasteiger partial charge in [0, 0.05) is 29.4 Å². The summed E-state index contributed by atoms with van der Waals surface area (Å²) in [6.45, 7) is 9.37. The van der Waals surface area contributed by atoms with Crippen molar-refractivity contribution >= 4 is 28.8 Å². The maximum Gasteiger partial charge on any atom is 0.311 e. The summed E-state index contributed by atoms with van der Waals surface area (Å²) in [4.78, 5) is 11.7. The van der Waals surface area contributed by atoms with Crippen molar-refractivity contribution in [1.82, 2.24) is 3.11 Å². The SMILES string of the molecule is CC(C)CC(C)(C)C(=O)OCCN(C)I. The second kappa shape index (κ2) is 6.68. The van der Waals surface area contributed by atoms with Gasteiger partial charge in [0.15, 0.2) is 0 Å². The third-order valence-electron chi connectivity index (χ3n) is 2.10. The molecule has 0 unspecified atom stereocenters. The first kappa shape index (κ1) is 15.2. The van der Waals surface area contributed by atoms with Crippen LogP contribution in [0.2, 0.25) is 0 Å². The quantitative estimate of drug-likeness (QED) is 0.427. The first-order valence-electron chi connectivity index (χ1n) is 5.30. The molecule has 0 fully saturated rings. The fourth-order valence-corrected chi connectivity index (χ4v) is 1.76. The van der Waals surface area contributed by atoms with Gasteiger partial charge in [-0.05, 0) is 33.2 Å². The largest absolute Gasteiger partial charge is 0.464 e. The predicted molar refractivity (Wildman–Crippen MR) is 70.8 cm³/mol. The lowest BCUT2D eigenvalue weighted by Gasteiger charge is -2.24. The number of hydrogen-bond acceptors (Lipinski definition) is 3. The molecule has 0 radical (unpaired) electrons. The van der Waals surface area contributed by atoms with Crippen molar-refractivity contribution < 1.29 is 9.53 Å². The monoisotopic (exact) mass is 327 g/mol. The van der Waals surface area contributed by atoms with Crippen LogP contribution >= 0.6 is 22.9 Å². The summed E-state index contributed by atoms with van der Waals surface area (Å²) in [6.07, 6.45) is 0.867. The summed E-state index contributed by atoms with van der Waals surface area (Å²) in [5, 5.41) is 0. The molecule has 0 saturated heterocycles. The lowest BCUT2D eigenvalue weighted by Crippen LogP contribution is -2.30. The molecule has 0 bridgehead atoms. The van der Waals surface area contributed by atoms with Gasteiger partial charge >= 0.3 is 5.97 Å². The highest BCUT2D eigenvalue weighted by molar-refractivity contribution is 14.1. The molecule has 0 amide bonds. The molecule has 0 aliphatic heterocycles. The molecule has 0 aromatic carbocycles. The number of nitrogens with zero attached hydrogens (tertiary/aromatic N) is 1. The van der Waals surface area contributed by atoms with Crippen molar-refractivity contribution in [3.63, 3.8) is 0 Å². The average molecular weight is 327 g/mol. The minimum absolute atomic E-state index is 0.0885. The number of halogens is 1. The third kappa shape index (κ3) is 7.11. The molecular weight excluding hydrogens is 305 g/mol. The minimum atomic E-state index is -0.363. The highest BCUT2D eigenvalue weighted by atomic mass is 127. The Balaban J connectivity index is 3.97. The number of likely N-dealkylation sites (N-methyl/N-ethyl adjacent to an activating group) is 1. The Morgan fingerprint density at radius 1 is 1.47 bits per heavy atom. The summed E-state index contributed by atoms with van der Waals surface area (Å²) in [5.41, 5.74) is -0.363. The molecule has 0 aromatic rings. The first-order chi connectivity index (χ1) is 6.75. The van der Waals surface area contributed by atoms with Crippen LogP contribution in [-0.2, 0) is 9.53 Å². The molecule has 0 aromatic heterocycles. The fraction of sp³-hybridized carbons (Fsp3) is 0.909. The smallest absolute Gasteiger partial charge is 0.311 e. The number of carbonyl (C=O) groups is 1. The maximum absolute atomic E-state index is 11.7. The van der Waals surface area contributed by atoms with Gasteiger partial charge in [0.1, 0.15) is 6.61 Å². The molecule has 4 heteroatoms. The average Bonchev–Trinajstić information content (AvgIpc) is 2.00. The number of hydrogen-bond donors (Lipinski definition) is 0. The summed E-state index contributed by atoms with van der Waals surface area (Å²) in [6, 6.07) is 0. The molecule has 0 atom stereocenters. The zero-order chi connectivity index (χ0) is 12.1. The molecule has 3 nitrogen and oxygen atoms in total. The Labute approximate surface area is 107 Å². The Morgan fingerprint density at radius 3 is 2.40 bits per heavy atom. The van der Waals surface area contributed by atoms with Crippen molar-refractivity contribution in [2.75, 3.05) is 20.2 Å². The first-order valence-corrected chi connectivity index (χ1v) is 6.26. The Hall–Kier alpha value is 0.160. The zero-order valence-electron chi connectivity index (χ0n) is 10.3. The molecule has 0 saturated carbocycles. The standard InChI is InChI=1S/C11H22INO2/c1-9(2)8-11(3,4)10(14)15-7-6-13(5)12/h9H,6-8H2,1-5H3. The molecule has 15 heavy (non-hydrogen) atoms. The second-order valence-corrected chi connectivity index (χ2v) is 6.59. The van der Waals surface area contributed by atoms with E-state index < -0.39 is 0 Å². The van der Waals surface area contributed by atoms with Crippen LogP contribution in [0.15, 0.2) is 0 Å². The number of rotatable bonds is 6. The van der Waals surface area contributed by atoms with Gasteiger partial charge in [-0.3, -0.25) is 4.79 Å². The van der Waals surface area contributed by atoms with Gasteiger partial charge in [-0.25, -0.2) is 3.11 Å². The van der Waals surface area contributed by atoms with Crippen molar-refractivity contribution in [2.45, 2.75) is 34.1 Å². The summed E-state index contributed by atoms with van der Waals surface area (Å²) in [7, 11) is 1.95. The van der Waals surface area contributed by atoms with E-state index in [9.17, 15) is 4.79 Å². The number of carbonyl (C=O) groups excluding carboxylic acids is 1. The highest BCUT2D eigenvalue weighted by Gasteiger charge is 2.29. The van der Waals surface area contributed by atoms with Crippen LogP contribution in [0.1, 0.15) is 34.1 Å². The summed E-state index contributed by atoms with van der Waals surface area (Å²) in [5.74, 6) is 0.425. The molecule has 0 N–H and O–H groups in total. The van der Waals surface area contributed by atoms with E-state index in [-0.39, 0.29) is 11.4 Å². The van der Waals surface area contributed by atoms with Crippen LogP contribution in [0.4, 0.5) is 0 Å². The van der Waals surface area contributed by atoms with Crippen molar-refractivity contribution in [1.29, 1.82) is 0 Å². The van der Waals surface area contributed by atoms with Gasteiger partial charge in [-0.15, -0.1) is 0 Å². The van der Waals surface area contributed by atoms with Gasteiger partial charge in [0.2, 0.25) is 0 Å². The number of esters is 1. The van der Waals surface area contributed by atoms with E-state index in [4.69, 9.17) is 4.74 Å². The van der Waals surface area contributed by atoms with E-state index >= 15 is 0 Å². The van der Waals surface area contributed by atoms with E-state index in [1.807, 2.05) is 24.0 Å². The zero-order valence-corrected chi connectivity index (χ0v) is 12.5.